The second-order valence-electron chi connectivity index (χ2n) is 7.01. The van der Waals surface area contributed by atoms with Crippen LogP contribution in [-0.4, -0.2) is 53.4 Å². The Hall–Kier alpha value is -2.48. The van der Waals surface area contributed by atoms with Gasteiger partial charge in [0.05, 0.1) is 17.6 Å². The van der Waals surface area contributed by atoms with Crippen LogP contribution in [0.2, 0.25) is 0 Å². The average molecular weight is 397 g/mol. The van der Waals surface area contributed by atoms with Gasteiger partial charge in [-0.1, -0.05) is 42.5 Å². The Morgan fingerprint density at radius 1 is 0.964 bits per heavy atom. The molecule has 28 heavy (non-hydrogen) atoms. The van der Waals surface area contributed by atoms with E-state index in [2.05, 4.69) is 15.5 Å². The minimum absolute atomic E-state index is 0.491. The molecule has 0 amide bonds. The van der Waals surface area contributed by atoms with Crippen molar-refractivity contribution in [3.8, 4) is 0 Å². The number of hydrogen-bond acceptors (Lipinski definition) is 4. The highest BCUT2D eigenvalue weighted by Gasteiger charge is 2.25. The minimum Gasteiger partial charge on any atom is -0.330 e. The molecule has 0 saturated carbocycles. The van der Waals surface area contributed by atoms with E-state index >= 15 is 0 Å². The van der Waals surface area contributed by atoms with Crippen molar-refractivity contribution < 1.29 is 8.42 Å². The van der Waals surface area contributed by atoms with Crippen molar-refractivity contribution in [3.63, 3.8) is 0 Å². The molecule has 0 spiro atoms. The fourth-order valence-corrected chi connectivity index (χ4v) is 4.67. The van der Waals surface area contributed by atoms with Crippen LogP contribution >= 0.6 is 0 Å². The van der Waals surface area contributed by atoms with Gasteiger partial charge in [-0.3, -0.25) is 4.90 Å². The summed E-state index contributed by atoms with van der Waals surface area (Å²) in [7, 11) is -1.37. The number of imidazole rings is 1. The molecular weight excluding hydrogens is 372 g/mol. The van der Waals surface area contributed by atoms with Crippen molar-refractivity contribution in [2.24, 2.45) is 7.05 Å². The number of fused-ring (bicyclic) bond motifs is 1. The smallest absolute Gasteiger partial charge is 0.236 e. The summed E-state index contributed by atoms with van der Waals surface area (Å²) >= 11 is 0. The number of aromatic nitrogens is 2. The van der Waals surface area contributed by atoms with Gasteiger partial charge < -0.3 is 4.57 Å². The number of nitrogens with zero attached hydrogens (tertiary/aromatic N) is 4. The fraction of sp³-hybridized carbons (Fsp3) is 0.286. The number of para-hydroxylation sites is 2. The van der Waals surface area contributed by atoms with E-state index < -0.39 is 10.0 Å². The van der Waals surface area contributed by atoms with Gasteiger partial charge in [0.15, 0.2) is 0 Å². The minimum atomic E-state index is -3.40. The van der Waals surface area contributed by atoms with Crippen LogP contribution in [0.4, 0.5) is 0 Å². The molecule has 0 unspecified atom stereocenters. The van der Waals surface area contributed by atoms with Crippen molar-refractivity contribution in [1.82, 2.24) is 18.8 Å². The number of benzene rings is 2. The lowest BCUT2D eigenvalue weighted by Gasteiger charge is -2.33. The van der Waals surface area contributed by atoms with Gasteiger partial charge in [-0.15, -0.1) is 0 Å². The molecule has 7 heteroatoms. The predicted molar refractivity (Wildman–Crippen MR) is 112 cm³/mol. The first-order chi connectivity index (χ1) is 13.5. The summed E-state index contributed by atoms with van der Waals surface area (Å²) in [6.07, 6.45) is 1.65. The molecule has 1 aliphatic rings. The second-order valence-corrected chi connectivity index (χ2v) is 8.83. The summed E-state index contributed by atoms with van der Waals surface area (Å²) in [6, 6.07) is 17.6. The third-order valence-corrected chi connectivity index (χ3v) is 6.73. The number of piperazine rings is 1. The van der Waals surface area contributed by atoms with Crippen LogP contribution in [0.5, 0.6) is 0 Å². The molecule has 6 nitrogen and oxygen atoms in total. The van der Waals surface area contributed by atoms with Gasteiger partial charge in [0.25, 0.3) is 0 Å². The maximum atomic E-state index is 12.6. The van der Waals surface area contributed by atoms with Crippen LogP contribution in [0.25, 0.3) is 17.1 Å². The largest absolute Gasteiger partial charge is 0.330 e. The summed E-state index contributed by atoms with van der Waals surface area (Å²) in [5.41, 5.74) is 2.99. The molecule has 0 atom stereocenters. The van der Waals surface area contributed by atoms with Crippen LogP contribution in [0.15, 0.2) is 60.0 Å². The molecule has 0 N–H and O–H groups in total. The molecule has 0 bridgehead atoms. The molecule has 1 aliphatic heterocycles. The third-order valence-electron chi connectivity index (χ3n) is 5.17. The van der Waals surface area contributed by atoms with Gasteiger partial charge in [-0.25, -0.2) is 13.4 Å². The molecule has 4 rings (SSSR count). The summed E-state index contributed by atoms with van der Waals surface area (Å²) in [5, 5.41) is 1.31. The highest BCUT2D eigenvalue weighted by atomic mass is 32.2. The van der Waals surface area contributed by atoms with Crippen molar-refractivity contribution in [3.05, 3.63) is 71.4 Å². The molecule has 1 fully saturated rings. The van der Waals surface area contributed by atoms with Crippen LogP contribution < -0.4 is 0 Å². The van der Waals surface area contributed by atoms with E-state index in [4.69, 9.17) is 4.98 Å². The highest BCUT2D eigenvalue weighted by Crippen LogP contribution is 2.17. The molecule has 0 aliphatic carbocycles. The van der Waals surface area contributed by atoms with Gasteiger partial charge in [0.2, 0.25) is 10.0 Å². The first-order valence-corrected chi connectivity index (χ1v) is 10.9. The van der Waals surface area contributed by atoms with E-state index in [-0.39, 0.29) is 0 Å². The first kappa shape index (κ1) is 18.9. The molecule has 1 aromatic heterocycles. The van der Waals surface area contributed by atoms with Gasteiger partial charge in [-0.05, 0) is 23.8 Å². The summed E-state index contributed by atoms with van der Waals surface area (Å²) in [4.78, 5) is 6.97. The van der Waals surface area contributed by atoms with Crippen molar-refractivity contribution in [2.75, 3.05) is 26.2 Å². The number of rotatable bonds is 5. The summed E-state index contributed by atoms with van der Waals surface area (Å²) in [5.74, 6) is 1.00. The average Bonchev–Trinajstić information content (AvgIpc) is 3.03. The van der Waals surface area contributed by atoms with Crippen LogP contribution in [0, 0.1) is 0 Å². The quantitative estimate of drug-likeness (QED) is 0.665. The van der Waals surface area contributed by atoms with Crippen LogP contribution in [-0.2, 0) is 23.6 Å². The number of sulfonamides is 1. The van der Waals surface area contributed by atoms with Crippen molar-refractivity contribution in [1.29, 1.82) is 0 Å². The first-order valence-electron chi connectivity index (χ1n) is 9.39. The Balaban J connectivity index is 1.38. The molecule has 0 radical (unpaired) electrons. The number of hydrogen-bond donors (Lipinski definition) is 0. The zero-order valence-electron chi connectivity index (χ0n) is 15.9. The van der Waals surface area contributed by atoms with E-state index in [9.17, 15) is 8.42 Å². The topological polar surface area (TPSA) is 58.4 Å². The lowest BCUT2D eigenvalue weighted by atomic mass is 10.2. The zero-order valence-corrected chi connectivity index (χ0v) is 16.7. The molecule has 2 heterocycles. The Kier molecular flexibility index (Phi) is 5.30. The second kappa shape index (κ2) is 7.87. The SMILES string of the molecule is Cn1c(CN2CCN(S(=O)(=O)C=Cc3ccccc3)CC2)nc2ccccc21. The van der Waals surface area contributed by atoms with Gasteiger partial charge in [0, 0.05) is 38.6 Å². The van der Waals surface area contributed by atoms with E-state index in [1.165, 1.54) is 5.41 Å². The van der Waals surface area contributed by atoms with E-state index in [1.54, 1.807) is 10.4 Å². The van der Waals surface area contributed by atoms with E-state index in [0.717, 1.165) is 29.0 Å². The van der Waals surface area contributed by atoms with Gasteiger partial charge in [0.1, 0.15) is 5.82 Å². The molecular formula is C21H24N4O2S. The third kappa shape index (κ3) is 4.01. The van der Waals surface area contributed by atoms with Gasteiger partial charge >= 0.3 is 0 Å². The Morgan fingerprint density at radius 2 is 1.64 bits per heavy atom. The van der Waals surface area contributed by atoms with E-state index in [1.807, 2.05) is 55.6 Å². The fourth-order valence-electron chi connectivity index (χ4n) is 3.49. The molecule has 1 saturated heterocycles. The summed E-state index contributed by atoms with van der Waals surface area (Å²) < 4.78 is 28.9. The number of aryl methyl sites for hydroxylation is 1. The Bertz CT molecular complexity index is 1080. The monoisotopic (exact) mass is 396 g/mol. The maximum absolute atomic E-state index is 12.6. The normalized spacial score (nSPS) is 16.9. The van der Waals surface area contributed by atoms with Crippen LogP contribution in [0.3, 0.4) is 0 Å². The standard InChI is InChI=1S/C21H24N4O2S/c1-23-20-10-6-5-9-19(20)22-21(23)17-24-12-14-25(15-13-24)28(26,27)16-11-18-7-3-2-4-8-18/h2-11,16H,12-15,17H2,1H3. The van der Waals surface area contributed by atoms with Crippen LogP contribution in [0.1, 0.15) is 11.4 Å². The van der Waals surface area contributed by atoms with Crippen molar-refractivity contribution >= 4 is 27.1 Å². The lowest BCUT2D eigenvalue weighted by Crippen LogP contribution is -2.47. The molecule has 3 aromatic rings. The van der Waals surface area contributed by atoms with Gasteiger partial charge in [-0.2, -0.15) is 4.31 Å². The summed E-state index contributed by atoms with van der Waals surface area (Å²) in [6.45, 7) is 3.10. The van der Waals surface area contributed by atoms with Crippen molar-refractivity contribution in [2.45, 2.75) is 6.54 Å². The molecule has 146 valence electrons. The lowest BCUT2D eigenvalue weighted by molar-refractivity contribution is 0.178. The Morgan fingerprint density at radius 3 is 2.36 bits per heavy atom. The zero-order chi connectivity index (χ0) is 19.6. The van der Waals surface area contributed by atoms with E-state index in [0.29, 0.717) is 26.2 Å². The highest BCUT2D eigenvalue weighted by molar-refractivity contribution is 7.92. The maximum Gasteiger partial charge on any atom is 0.236 e. The Labute approximate surface area is 165 Å². The molecule has 2 aromatic carbocycles. The predicted octanol–water partition coefficient (Wildman–Crippen LogP) is 2.69.